The Kier molecular flexibility index (Phi) is 4.63. The van der Waals surface area contributed by atoms with Crippen LogP contribution in [0.5, 0.6) is 5.75 Å². The van der Waals surface area contributed by atoms with Gasteiger partial charge in [0.15, 0.2) is 0 Å². The highest BCUT2D eigenvalue weighted by molar-refractivity contribution is 5.40. The molecule has 0 aromatic heterocycles. The van der Waals surface area contributed by atoms with Gasteiger partial charge in [-0.25, -0.2) is 0 Å². The van der Waals surface area contributed by atoms with Gasteiger partial charge in [0.05, 0.1) is 6.61 Å². The molecule has 1 aromatic rings. The summed E-state index contributed by atoms with van der Waals surface area (Å²) < 4.78 is 0. The zero-order valence-electron chi connectivity index (χ0n) is 15.3. The third-order valence-electron chi connectivity index (χ3n) is 7.34. The Morgan fingerprint density at radius 1 is 1.24 bits per heavy atom. The number of nitrogens with one attached hydrogen (secondary N) is 1. The smallest absolute Gasteiger partial charge is 0.115 e. The number of benzene rings is 1. The van der Waals surface area contributed by atoms with Crippen LogP contribution < -0.4 is 5.32 Å². The van der Waals surface area contributed by atoms with E-state index in [1.165, 1.54) is 43.2 Å². The van der Waals surface area contributed by atoms with Gasteiger partial charge in [0.1, 0.15) is 5.75 Å². The molecule has 25 heavy (non-hydrogen) atoms. The Balaban J connectivity index is 1.55. The largest absolute Gasteiger partial charge is 0.508 e. The van der Waals surface area contributed by atoms with Crippen LogP contribution in [0.2, 0.25) is 0 Å². The van der Waals surface area contributed by atoms with Gasteiger partial charge < -0.3 is 15.5 Å². The molecule has 4 unspecified atom stereocenters. The first-order valence-electron chi connectivity index (χ1n) is 9.96. The molecule has 3 aliphatic carbocycles. The minimum atomic E-state index is 0.210. The predicted molar refractivity (Wildman–Crippen MR) is 101 cm³/mol. The molecule has 0 amide bonds. The zero-order chi connectivity index (χ0) is 17.4. The first-order valence-corrected chi connectivity index (χ1v) is 9.96. The molecule has 2 fully saturated rings. The van der Waals surface area contributed by atoms with Gasteiger partial charge in [0, 0.05) is 13.1 Å². The number of aryl methyl sites for hydroxylation is 1. The Morgan fingerprint density at radius 3 is 2.96 bits per heavy atom. The van der Waals surface area contributed by atoms with Gasteiger partial charge in [-0.1, -0.05) is 24.6 Å². The number of rotatable bonds is 4. The van der Waals surface area contributed by atoms with Crippen LogP contribution in [0.25, 0.3) is 0 Å². The van der Waals surface area contributed by atoms with E-state index in [0.717, 1.165) is 24.8 Å². The van der Waals surface area contributed by atoms with Crippen molar-refractivity contribution in [3.05, 3.63) is 41.0 Å². The summed E-state index contributed by atoms with van der Waals surface area (Å²) in [5.41, 5.74) is 4.92. The molecule has 1 aromatic carbocycles. The number of fused-ring (bicyclic) bond motifs is 5. The molecule has 0 heterocycles. The SMILES string of the molecule is CC12CCC3c4ccc(O)cc4CCC3C1CC/C2=C\CNCCO. The highest BCUT2D eigenvalue weighted by atomic mass is 16.3. The van der Waals surface area contributed by atoms with Gasteiger partial charge in [-0.15, -0.1) is 0 Å². The summed E-state index contributed by atoms with van der Waals surface area (Å²) in [5.74, 6) is 2.71. The number of hydrogen-bond donors (Lipinski definition) is 3. The quantitative estimate of drug-likeness (QED) is 0.577. The van der Waals surface area contributed by atoms with Gasteiger partial charge >= 0.3 is 0 Å². The molecule has 0 saturated heterocycles. The van der Waals surface area contributed by atoms with Crippen LogP contribution in [0.15, 0.2) is 29.8 Å². The van der Waals surface area contributed by atoms with Gasteiger partial charge in [0.25, 0.3) is 0 Å². The van der Waals surface area contributed by atoms with Crippen LogP contribution in [0.4, 0.5) is 0 Å². The fourth-order valence-corrected chi connectivity index (χ4v) is 6.13. The highest BCUT2D eigenvalue weighted by Gasteiger charge is 2.52. The van der Waals surface area contributed by atoms with E-state index in [1.54, 1.807) is 5.57 Å². The van der Waals surface area contributed by atoms with E-state index >= 15 is 0 Å². The third kappa shape index (κ3) is 2.92. The average molecular weight is 341 g/mol. The van der Waals surface area contributed by atoms with Crippen molar-refractivity contribution < 1.29 is 10.2 Å². The van der Waals surface area contributed by atoms with Gasteiger partial charge in [-0.2, -0.15) is 0 Å². The standard InChI is InChI=1S/C22H31NO2/c1-22-10-8-19-18-6-4-17(25)14-15(18)2-5-20(19)21(22)7-3-16(22)9-11-23-12-13-24/h4,6,9,14,19-21,23-25H,2-3,5,7-8,10-13H2,1H3/b16-9+. The maximum atomic E-state index is 9.80. The van der Waals surface area contributed by atoms with Crippen molar-refractivity contribution >= 4 is 0 Å². The van der Waals surface area contributed by atoms with E-state index in [4.69, 9.17) is 5.11 Å². The summed E-state index contributed by atoms with van der Waals surface area (Å²) in [6, 6.07) is 6.06. The van der Waals surface area contributed by atoms with Crippen LogP contribution in [-0.4, -0.2) is 29.9 Å². The lowest BCUT2D eigenvalue weighted by Crippen LogP contribution is -2.40. The average Bonchev–Trinajstić information content (AvgIpc) is 2.95. The van der Waals surface area contributed by atoms with Crippen molar-refractivity contribution in [1.82, 2.24) is 5.32 Å². The number of hydrogen-bond acceptors (Lipinski definition) is 3. The Bertz CT molecular complexity index is 668. The molecule has 0 spiro atoms. The predicted octanol–water partition coefficient (Wildman–Crippen LogP) is 3.76. The molecule has 0 aliphatic heterocycles. The second kappa shape index (κ2) is 6.77. The van der Waals surface area contributed by atoms with Crippen molar-refractivity contribution in [2.75, 3.05) is 19.7 Å². The van der Waals surface area contributed by atoms with Crippen molar-refractivity contribution in [1.29, 1.82) is 0 Å². The second-order valence-electron chi connectivity index (χ2n) is 8.45. The number of allylic oxidation sites excluding steroid dienone is 1. The number of phenols is 1. The van der Waals surface area contributed by atoms with Crippen molar-refractivity contribution in [3.8, 4) is 5.75 Å². The number of phenolic OH excluding ortho intramolecular Hbond substituents is 1. The molecule has 3 heteroatoms. The molecule has 2 saturated carbocycles. The summed E-state index contributed by atoms with van der Waals surface area (Å²) in [4.78, 5) is 0. The second-order valence-corrected chi connectivity index (χ2v) is 8.45. The number of aromatic hydroxyl groups is 1. The highest BCUT2D eigenvalue weighted by Crippen LogP contribution is 2.62. The molecule has 4 atom stereocenters. The van der Waals surface area contributed by atoms with E-state index in [1.807, 2.05) is 12.1 Å². The van der Waals surface area contributed by atoms with E-state index in [2.05, 4.69) is 24.4 Å². The summed E-state index contributed by atoms with van der Waals surface area (Å²) >= 11 is 0. The van der Waals surface area contributed by atoms with Gasteiger partial charge in [-0.3, -0.25) is 0 Å². The number of aliphatic hydroxyl groups excluding tert-OH is 1. The Labute approximate surface area is 151 Å². The van der Waals surface area contributed by atoms with Crippen molar-refractivity contribution in [3.63, 3.8) is 0 Å². The maximum absolute atomic E-state index is 9.80. The first kappa shape index (κ1) is 17.1. The Hall–Kier alpha value is -1.32. The van der Waals surface area contributed by atoms with Gasteiger partial charge in [0.2, 0.25) is 0 Å². The van der Waals surface area contributed by atoms with E-state index in [-0.39, 0.29) is 6.61 Å². The summed E-state index contributed by atoms with van der Waals surface area (Å²) in [7, 11) is 0. The van der Waals surface area contributed by atoms with Crippen LogP contribution >= 0.6 is 0 Å². The van der Waals surface area contributed by atoms with E-state index < -0.39 is 0 Å². The zero-order valence-corrected chi connectivity index (χ0v) is 15.3. The van der Waals surface area contributed by atoms with Gasteiger partial charge in [-0.05, 0) is 85.0 Å². The summed E-state index contributed by atoms with van der Waals surface area (Å²) in [6.45, 7) is 4.28. The Morgan fingerprint density at radius 2 is 2.12 bits per heavy atom. The first-order chi connectivity index (χ1) is 12.1. The van der Waals surface area contributed by atoms with Crippen LogP contribution in [0.1, 0.15) is 56.1 Å². The number of aliphatic hydroxyl groups is 1. The summed E-state index contributed by atoms with van der Waals surface area (Å²) in [6.07, 6.45) is 9.93. The van der Waals surface area contributed by atoms with E-state index in [9.17, 15) is 5.11 Å². The lowest BCUT2D eigenvalue weighted by molar-refractivity contribution is 0.0812. The lowest BCUT2D eigenvalue weighted by Gasteiger charge is -2.49. The van der Waals surface area contributed by atoms with Crippen molar-refractivity contribution in [2.24, 2.45) is 17.3 Å². The maximum Gasteiger partial charge on any atom is 0.115 e. The normalized spacial score (nSPS) is 35.3. The van der Waals surface area contributed by atoms with Crippen LogP contribution in [0, 0.1) is 17.3 Å². The lowest BCUT2D eigenvalue weighted by atomic mass is 9.55. The molecular weight excluding hydrogens is 310 g/mol. The van der Waals surface area contributed by atoms with Crippen LogP contribution in [0.3, 0.4) is 0 Å². The van der Waals surface area contributed by atoms with E-state index in [0.29, 0.717) is 23.6 Å². The van der Waals surface area contributed by atoms with Crippen molar-refractivity contribution in [2.45, 2.75) is 51.4 Å². The summed E-state index contributed by atoms with van der Waals surface area (Å²) in [5, 5.41) is 22.0. The monoisotopic (exact) mass is 341 g/mol. The minimum Gasteiger partial charge on any atom is -0.508 e. The van der Waals surface area contributed by atoms with Crippen LogP contribution in [-0.2, 0) is 6.42 Å². The molecule has 136 valence electrons. The topological polar surface area (TPSA) is 52.5 Å². The molecule has 4 rings (SSSR count). The fraction of sp³-hybridized carbons (Fsp3) is 0.636. The molecule has 3 N–H and O–H groups in total. The third-order valence-corrected chi connectivity index (χ3v) is 7.34. The molecule has 3 nitrogen and oxygen atoms in total. The molecule has 0 radical (unpaired) electrons. The molecular formula is C22H31NO2. The fourth-order valence-electron chi connectivity index (χ4n) is 6.13. The minimum absolute atomic E-state index is 0.210. The molecule has 0 bridgehead atoms. The molecule has 3 aliphatic rings.